The molecule has 0 aliphatic heterocycles. The topological polar surface area (TPSA) is 55.2 Å². The van der Waals surface area contributed by atoms with Crippen LogP contribution in [0.3, 0.4) is 0 Å². The Hall–Kier alpha value is -1.06. The predicted octanol–water partition coefficient (Wildman–Crippen LogP) is 1.12. The highest BCUT2D eigenvalue weighted by Crippen LogP contribution is 1.88. The van der Waals surface area contributed by atoms with Crippen LogP contribution in [0.4, 0.5) is 0 Å². The van der Waals surface area contributed by atoms with Gasteiger partial charge in [0.1, 0.15) is 0 Å². The molecule has 0 saturated carbocycles. The number of hydrogen-bond acceptors (Lipinski definition) is 3. The zero-order valence-corrected chi connectivity index (χ0v) is 6.26. The van der Waals surface area contributed by atoms with Gasteiger partial charge in [0.2, 0.25) is 0 Å². The number of nitrogens with zero attached hydrogens (tertiary/aromatic N) is 1. The first-order chi connectivity index (χ1) is 4.68. The molecule has 0 heterocycles. The Balaban J connectivity index is 3.58. The fourth-order valence-electron chi connectivity index (χ4n) is 0.417. The minimum atomic E-state index is -0.414. The third-order valence-corrected chi connectivity index (χ3v) is 0.993. The molecule has 4 heteroatoms. The second-order valence-electron chi connectivity index (χ2n) is 2.00. The van der Waals surface area contributed by atoms with Crippen molar-refractivity contribution in [1.82, 2.24) is 5.32 Å². The molecule has 0 aromatic rings. The SMILES string of the molecule is CCCN/C=C(/C)[N+](=O)[O-]. The lowest BCUT2D eigenvalue weighted by molar-refractivity contribution is -0.424. The lowest BCUT2D eigenvalue weighted by atomic mass is 10.5. The maximum absolute atomic E-state index is 9.99. The largest absolute Gasteiger partial charge is 0.386 e. The number of allylic oxidation sites excluding steroid dienone is 1. The van der Waals surface area contributed by atoms with E-state index in [-0.39, 0.29) is 5.70 Å². The third-order valence-electron chi connectivity index (χ3n) is 0.993. The van der Waals surface area contributed by atoms with Crippen LogP contribution in [-0.4, -0.2) is 11.5 Å². The van der Waals surface area contributed by atoms with Crippen molar-refractivity contribution in [2.75, 3.05) is 6.54 Å². The minimum Gasteiger partial charge on any atom is -0.386 e. The second kappa shape index (κ2) is 4.78. The average Bonchev–Trinajstić information content (AvgIpc) is 1.88. The fraction of sp³-hybridized carbons (Fsp3) is 0.667. The van der Waals surface area contributed by atoms with Gasteiger partial charge in [-0.25, -0.2) is 0 Å². The minimum absolute atomic E-state index is 0.147. The summed E-state index contributed by atoms with van der Waals surface area (Å²) in [5, 5.41) is 12.8. The molecule has 0 radical (unpaired) electrons. The normalized spacial score (nSPS) is 11.2. The van der Waals surface area contributed by atoms with Gasteiger partial charge in [-0.1, -0.05) is 6.92 Å². The smallest absolute Gasteiger partial charge is 0.258 e. The number of hydrogen-bond donors (Lipinski definition) is 1. The number of nitro groups is 1. The molecule has 0 amide bonds. The van der Waals surface area contributed by atoms with Crippen molar-refractivity contribution >= 4 is 0 Å². The molecule has 0 aromatic heterocycles. The van der Waals surface area contributed by atoms with Gasteiger partial charge >= 0.3 is 0 Å². The van der Waals surface area contributed by atoms with Crippen LogP contribution in [0.25, 0.3) is 0 Å². The zero-order valence-electron chi connectivity index (χ0n) is 6.26. The molecule has 0 aliphatic rings. The van der Waals surface area contributed by atoms with Gasteiger partial charge in [-0.3, -0.25) is 10.1 Å². The lowest BCUT2D eigenvalue weighted by Gasteiger charge is -1.94. The van der Waals surface area contributed by atoms with E-state index in [2.05, 4.69) is 5.32 Å². The molecule has 58 valence electrons. The highest BCUT2D eigenvalue weighted by molar-refractivity contribution is 4.84. The highest BCUT2D eigenvalue weighted by Gasteiger charge is 1.98. The molecule has 0 aromatic carbocycles. The first-order valence-corrected chi connectivity index (χ1v) is 3.23. The Morgan fingerprint density at radius 2 is 2.40 bits per heavy atom. The van der Waals surface area contributed by atoms with E-state index in [1.807, 2.05) is 6.92 Å². The summed E-state index contributed by atoms with van der Waals surface area (Å²) in [5.41, 5.74) is 0.147. The highest BCUT2D eigenvalue weighted by atomic mass is 16.6. The van der Waals surface area contributed by atoms with Crippen molar-refractivity contribution in [1.29, 1.82) is 0 Å². The summed E-state index contributed by atoms with van der Waals surface area (Å²) < 4.78 is 0. The molecular weight excluding hydrogens is 132 g/mol. The van der Waals surface area contributed by atoms with Gasteiger partial charge in [-0.15, -0.1) is 0 Å². The van der Waals surface area contributed by atoms with E-state index in [4.69, 9.17) is 0 Å². The summed E-state index contributed by atoms with van der Waals surface area (Å²) in [5.74, 6) is 0. The summed E-state index contributed by atoms with van der Waals surface area (Å²) >= 11 is 0. The maximum Gasteiger partial charge on any atom is 0.258 e. The number of rotatable bonds is 4. The van der Waals surface area contributed by atoms with Gasteiger partial charge in [0.25, 0.3) is 5.70 Å². The molecule has 0 saturated heterocycles. The van der Waals surface area contributed by atoms with Crippen LogP contribution in [0.5, 0.6) is 0 Å². The monoisotopic (exact) mass is 144 g/mol. The second-order valence-corrected chi connectivity index (χ2v) is 2.00. The fourth-order valence-corrected chi connectivity index (χ4v) is 0.417. The molecule has 0 unspecified atom stereocenters. The summed E-state index contributed by atoms with van der Waals surface area (Å²) in [6.45, 7) is 4.25. The third kappa shape index (κ3) is 3.88. The number of nitrogens with one attached hydrogen (secondary N) is 1. The van der Waals surface area contributed by atoms with Gasteiger partial charge in [0, 0.05) is 13.5 Å². The van der Waals surface area contributed by atoms with Crippen molar-refractivity contribution in [2.45, 2.75) is 20.3 Å². The Labute approximate surface area is 60.1 Å². The van der Waals surface area contributed by atoms with Crippen LogP contribution in [-0.2, 0) is 0 Å². The van der Waals surface area contributed by atoms with Crippen LogP contribution >= 0.6 is 0 Å². The zero-order chi connectivity index (χ0) is 7.98. The first-order valence-electron chi connectivity index (χ1n) is 3.23. The molecular formula is C6H12N2O2. The van der Waals surface area contributed by atoms with Gasteiger partial charge in [-0.05, 0) is 6.42 Å². The summed E-state index contributed by atoms with van der Waals surface area (Å²) in [4.78, 5) is 9.58. The van der Waals surface area contributed by atoms with Gasteiger partial charge < -0.3 is 5.32 Å². The molecule has 0 bridgehead atoms. The van der Waals surface area contributed by atoms with Crippen LogP contribution in [0, 0.1) is 10.1 Å². The van der Waals surface area contributed by atoms with Gasteiger partial charge in [0.15, 0.2) is 0 Å². The quantitative estimate of drug-likeness (QED) is 0.365. The summed E-state index contributed by atoms with van der Waals surface area (Å²) in [6.07, 6.45) is 2.39. The van der Waals surface area contributed by atoms with Crippen molar-refractivity contribution in [2.24, 2.45) is 0 Å². The van der Waals surface area contributed by atoms with E-state index in [0.717, 1.165) is 13.0 Å². The standard InChI is InChI=1S/C6H12N2O2/c1-3-4-7-5-6(2)8(9)10/h5,7H,3-4H2,1-2H3/b6-5-. The van der Waals surface area contributed by atoms with E-state index in [9.17, 15) is 10.1 Å². The first kappa shape index (κ1) is 8.94. The molecule has 0 spiro atoms. The summed E-state index contributed by atoms with van der Waals surface area (Å²) in [7, 11) is 0. The maximum atomic E-state index is 9.99. The van der Waals surface area contributed by atoms with E-state index in [1.165, 1.54) is 13.1 Å². The Morgan fingerprint density at radius 3 is 2.80 bits per heavy atom. The predicted molar refractivity (Wildman–Crippen MR) is 39.0 cm³/mol. The van der Waals surface area contributed by atoms with E-state index in [1.54, 1.807) is 0 Å². The van der Waals surface area contributed by atoms with Crippen molar-refractivity contribution < 1.29 is 4.92 Å². The molecule has 10 heavy (non-hydrogen) atoms. The van der Waals surface area contributed by atoms with Gasteiger partial charge in [-0.2, -0.15) is 0 Å². The Morgan fingerprint density at radius 1 is 1.80 bits per heavy atom. The van der Waals surface area contributed by atoms with Crippen molar-refractivity contribution in [3.63, 3.8) is 0 Å². The van der Waals surface area contributed by atoms with Crippen LogP contribution in [0.1, 0.15) is 20.3 Å². The van der Waals surface area contributed by atoms with Crippen LogP contribution in [0.2, 0.25) is 0 Å². The van der Waals surface area contributed by atoms with Crippen LogP contribution in [0.15, 0.2) is 11.9 Å². The molecule has 0 atom stereocenters. The molecule has 4 nitrogen and oxygen atoms in total. The Bertz CT molecular complexity index is 143. The Kier molecular flexibility index (Phi) is 4.28. The average molecular weight is 144 g/mol. The van der Waals surface area contributed by atoms with Crippen molar-refractivity contribution in [3.05, 3.63) is 22.0 Å². The molecule has 1 N–H and O–H groups in total. The van der Waals surface area contributed by atoms with E-state index in [0.29, 0.717) is 0 Å². The summed E-state index contributed by atoms with van der Waals surface area (Å²) in [6, 6.07) is 0. The van der Waals surface area contributed by atoms with E-state index >= 15 is 0 Å². The molecule has 0 fully saturated rings. The molecule has 0 aliphatic carbocycles. The molecule has 0 rings (SSSR count). The van der Waals surface area contributed by atoms with Gasteiger partial charge in [0.05, 0.1) is 11.1 Å². The van der Waals surface area contributed by atoms with Crippen LogP contribution < -0.4 is 5.32 Å². The lowest BCUT2D eigenvalue weighted by Crippen LogP contribution is -2.08. The van der Waals surface area contributed by atoms with Crippen molar-refractivity contribution in [3.8, 4) is 0 Å². The van der Waals surface area contributed by atoms with E-state index < -0.39 is 4.92 Å².